The summed E-state index contributed by atoms with van der Waals surface area (Å²) in [4.78, 5) is 25.5. The summed E-state index contributed by atoms with van der Waals surface area (Å²) in [6, 6.07) is 10.7. The van der Waals surface area contributed by atoms with Crippen LogP contribution in [0.4, 0.5) is 0 Å². The van der Waals surface area contributed by atoms with Gasteiger partial charge in [0.15, 0.2) is 11.9 Å². The maximum Gasteiger partial charge on any atom is 0.420 e. The number of Topliss-reactive ketones (excluding diaryl/α,β-unsaturated/α-hetero) is 1. The van der Waals surface area contributed by atoms with Crippen LogP contribution in [0.1, 0.15) is 52.1 Å². The number of ether oxygens (including phenoxy) is 2. The largest absolute Gasteiger partial charge is 0.493 e. The van der Waals surface area contributed by atoms with Gasteiger partial charge in [-0.2, -0.15) is 0 Å². The minimum absolute atomic E-state index is 0.00714. The number of hydrogen-bond donors (Lipinski definition) is 0. The molecule has 0 fully saturated rings. The van der Waals surface area contributed by atoms with Crippen LogP contribution in [0, 0.1) is 13.8 Å². The maximum absolute atomic E-state index is 12.8. The average Bonchev–Trinajstić information content (AvgIpc) is 2.66. The van der Waals surface area contributed by atoms with Crippen molar-refractivity contribution >= 4 is 19.1 Å². The Balaban J connectivity index is 2.18. The average molecular weight is 401 g/mol. The molecule has 0 saturated carbocycles. The fourth-order valence-electron chi connectivity index (χ4n) is 3.04. The molecular weight excluding hydrogens is 375 g/mol. The van der Waals surface area contributed by atoms with E-state index in [-0.39, 0.29) is 18.4 Å². The van der Waals surface area contributed by atoms with Gasteiger partial charge in [-0.3, -0.25) is 4.79 Å². The predicted octanol–water partition coefficient (Wildman–Crippen LogP) is 5.34. The molecule has 0 aliphatic carbocycles. The second kappa shape index (κ2) is 10.1. The van der Waals surface area contributed by atoms with E-state index < -0.39 is 13.3 Å². The van der Waals surface area contributed by atoms with E-state index in [1.54, 1.807) is 18.2 Å². The molecule has 6 heteroatoms. The lowest BCUT2D eigenvalue weighted by Crippen LogP contribution is -2.09. The van der Waals surface area contributed by atoms with Crippen LogP contribution in [0.25, 0.3) is 0 Å². The van der Waals surface area contributed by atoms with E-state index in [0.29, 0.717) is 35.8 Å². The summed E-state index contributed by atoms with van der Waals surface area (Å²) < 4.78 is 23.7. The molecule has 1 unspecified atom stereocenters. The summed E-state index contributed by atoms with van der Waals surface area (Å²) >= 11 is 0. The molecule has 0 saturated heterocycles. The zero-order valence-electron chi connectivity index (χ0n) is 16.8. The zero-order chi connectivity index (χ0) is 20.7. The number of carbonyl (C=O) groups excluding carboxylic acids is 2. The number of aryl methyl sites for hydroxylation is 2. The lowest BCUT2D eigenvalue weighted by molar-refractivity contribution is 0.0981. The van der Waals surface area contributed by atoms with Gasteiger partial charge < -0.3 is 9.47 Å². The third-order valence-corrected chi connectivity index (χ3v) is 5.64. The van der Waals surface area contributed by atoms with E-state index in [1.165, 1.54) is 0 Å². The van der Waals surface area contributed by atoms with Crippen molar-refractivity contribution in [3.63, 3.8) is 0 Å². The summed E-state index contributed by atoms with van der Waals surface area (Å²) in [5.41, 5.74) is 2.01. The van der Waals surface area contributed by atoms with Gasteiger partial charge in [-0.15, -0.1) is 0 Å². The lowest BCUT2D eigenvalue weighted by Gasteiger charge is -2.13. The molecule has 1 atom stereocenters. The first-order valence-corrected chi connectivity index (χ1v) is 10.8. The van der Waals surface area contributed by atoms with Crippen molar-refractivity contribution in [1.82, 2.24) is 0 Å². The highest BCUT2D eigenvalue weighted by Crippen LogP contribution is 2.34. The summed E-state index contributed by atoms with van der Waals surface area (Å²) in [7, 11) is -2.20. The molecule has 0 aromatic heterocycles. The third-order valence-electron chi connectivity index (χ3n) is 4.33. The van der Waals surface area contributed by atoms with Gasteiger partial charge in [0.05, 0.1) is 25.2 Å². The van der Waals surface area contributed by atoms with Gasteiger partial charge in [-0.05, 0) is 51.0 Å². The molecular formula is C22H26O5P+. The first-order chi connectivity index (χ1) is 13.4. The van der Waals surface area contributed by atoms with Gasteiger partial charge in [-0.25, -0.2) is 4.79 Å². The van der Waals surface area contributed by atoms with Crippen LogP contribution >= 0.6 is 7.80 Å². The Hall–Kier alpha value is -2.52. The van der Waals surface area contributed by atoms with Crippen LogP contribution in [0.2, 0.25) is 0 Å². The molecule has 0 heterocycles. The number of hydrogen-bond acceptors (Lipinski definition) is 5. The van der Waals surface area contributed by atoms with E-state index in [2.05, 4.69) is 0 Å². The van der Waals surface area contributed by atoms with Crippen molar-refractivity contribution in [2.24, 2.45) is 0 Å². The highest BCUT2D eigenvalue weighted by Gasteiger charge is 2.33. The van der Waals surface area contributed by atoms with Crippen molar-refractivity contribution in [3.05, 3.63) is 58.7 Å². The fraction of sp³-hybridized carbons (Fsp3) is 0.364. The molecule has 148 valence electrons. The zero-order valence-corrected chi connectivity index (χ0v) is 17.7. The van der Waals surface area contributed by atoms with Crippen molar-refractivity contribution in [1.29, 1.82) is 0 Å². The standard InChI is InChI=1S/C22H26O5P/c1-5-26-18-11-8-12-19(27-6-2)21(18)17(23)13-14-28(25)22(24)20-15(3)9-7-10-16(20)4/h7-12H,5-6,13-14H2,1-4H3/q+1. The predicted molar refractivity (Wildman–Crippen MR) is 110 cm³/mol. The van der Waals surface area contributed by atoms with Crippen molar-refractivity contribution in [3.8, 4) is 11.5 Å². The van der Waals surface area contributed by atoms with Gasteiger partial charge in [0.1, 0.15) is 17.1 Å². The topological polar surface area (TPSA) is 69.7 Å². The molecule has 0 bridgehead atoms. The first-order valence-electron chi connectivity index (χ1n) is 9.37. The van der Waals surface area contributed by atoms with Crippen molar-refractivity contribution in [2.45, 2.75) is 34.1 Å². The van der Waals surface area contributed by atoms with Crippen LogP contribution in [0.5, 0.6) is 11.5 Å². The number of rotatable bonds is 10. The van der Waals surface area contributed by atoms with E-state index in [0.717, 1.165) is 11.1 Å². The molecule has 0 aliphatic heterocycles. The quantitative estimate of drug-likeness (QED) is 0.397. The third kappa shape index (κ3) is 5.05. The van der Waals surface area contributed by atoms with Crippen LogP contribution in [-0.4, -0.2) is 30.7 Å². The van der Waals surface area contributed by atoms with E-state index in [4.69, 9.17) is 9.47 Å². The van der Waals surface area contributed by atoms with Crippen molar-refractivity contribution < 1.29 is 23.6 Å². The molecule has 0 radical (unpaired) electrons. The molecule has 0 aliphatic rings. The van der Waals surface area contributed by atoms with Gasteiger partial charge in [0, 0.05) is 0 Å². The molecule has 2 rings (SSSR count). The van der Waals surface area contributed by atoms with Crippen LogP contribution in [-0.2, 0) is 4.57 Å². The number of carbonyl (C=O) groups is 2. The monoisotopic (exact) mass is 401 g/mol. The maximum atomic E-state index is 12.8. The Kier molecular flexibility index (Phi) is 7.89. The molecule has 2 aromatic carbocycles. The normalized spacial score (nSPS) is 11.1. The smallest absolute Gasteiger partial charge is 0.420 e. The van der Waals surface area contributed by atoms with E-state index in [1.807, 2.05) is 45.9 Å². The Morgan fingerprint density at radius 2 is 1.36 bits per heavy atom. The minimum atomic E-state index is -2.20. The first kappa shape index (κ1) is 21.8. The molecule has 2 aromatic rings. The number of benzene rings is 2. The van der Waals surface area contributed by atoms with Gasteiger partial charge in [-0.1, -0.05) is 28.8 Å². The molecule has 0 spiro atoms. The van der Waals surface area contributed by atoms with Gasteiger partial charge in [0.2, 0.25) is 0 Å². The van der Waals surface area contributed by atoms with Crippen LogP contribution < -0.4 is 9.47 Å². The number of ketones is 1. The Morgan fingerprint density at radius 3 is 1.86 bits per heavy atom. The molecule has 5 nitrogen and oxygen atoms in total. The summed E-state index contributed by atoms with van der Waals surface area (Å²) in [6.45, 7) is 8.14. The van der Waals surface area contributed by atoms with Crippen molar-refractivity contribution in [2.75, 3.05) is 19.4 Å². The molecule has 0 amide bonds. The Labute approximate surface area is 166 Å². The minimum Gasteiger partial charge on any atom is -0.493 e. The SMILES string of the molecule is CCOc1cccc(OCC)c1C(=O)CC[P+](=O)C(=O)c1c(C)cccc1C. The van der Waals surface area contributed by atoms with Gasteiger partial charge in [0.25, 0.3) is 0 Å². The van der Waals surface area contributed by atoms with Gasteiger partial charge >= 0.3 is 13.3 Å². The van der Waals surface area contributed by atoms with Crippen LogP contribution in [0.15, 0.2) is 36.4 Å². The molecule has 28 heavy (non-hydrogen) atoms. The van der Waals surface area contributed by atoms with Crippen LogP contribution in [0.3, 0.4) is 0 Å². The fourth-order valence-corrected chi connectivity index (χ4v) is 4.25. The highest BCUT2D eigenvalue weighted by molar-refractivity contribution is 7.64. The second-order valence-electron chi connectivity index (χ2n) is 6.34. The Bertz CT molecular complexity index is 844. The second-order valence-corrected chi connectivity index (χ2v) is 7.95. The summed E-state index contributed by atoms with van der Waals surface area (Å²) in [5.74, 6) is 0.634. The molecule has 0 N–H and O–H groups in total. The highest BCUT2D eigenvalue weighted by atomic mass is 31.1. The summed E-state index contributed by atoms with van der Waals surface area (Å²) in [5, 5.41) is 0. The lowest BCUT2D eigenvalue weighted by atomic mass is 10.0. The summed E-state index contributed by atoms with van der Waals surface area (Å²) in [6.07, 6.45) is -0.0250. The van der Waals surface area contributed by atoms with E-state index >= 15 is 0 Å². The Morgan fingerprint density at radius 1 is 0.857 bits per heavy atom. The van der Waals surface area contributed by atoms with E-state index in [9.17, 15) is 14.2 Å².